The summed E-state index contributed by atoms with van der Waals surface area (Å²) in [5.74, 6) is -0.245. The molecule has 1 amide bonds. The van der Waals surface area contributed by atoms with Gasteiger partial charge in [-0.3, -0.25) is 9.59 Å². The Morgan fingerprint density at radius 1 is 1.89 bits per heavy atom. The molecule has 0 aromatic heterocycles. The predicted molar refractivity (Wildman–Crippen MR) is 32.4 cm³/mol. The zero-order chi connectivity index (χ0) is 7.28. The fraction of sp³-hybridized carbons (Fsp3) is 0.600. The molecule has 1 atom stereocenters. The van der Waals surface area contributed by atoms with Gasteiger partial charge in [-0.05, 0) is 0 Å². The Morgan fingerprint density at radius 2 is 2.44 bits per heavy atom. The van der Waals surface area contributed by atoms with Crippen molar-refractivity contribution in [1.82, 2.24) is 5.32 Å². The van der Waals surface area contributed by atoms with Crippen LogP contribution in [-0.4, -0.2) is 25.3 Å². The van der Waals surface area contributed by atoms with Crippen LogP contribution in [0.3, 0.4) is 0 Å². The Morgan fingerprint density at radius 3 is 2.78 bits per heavy atom. The first-order valence-electron chi connectivity index (χ1n) is 2.54. The molecule has 0 aromatic rings. The van der Waals surface area contributed by atoms with Crippen molar-refractivity contribution in [3.05, 3.63) is 0 Å². The van der Waals surface area contributed by atoms with Crippen molar-refractivity contribution in [3.8, 4) is 0 Å². The third-order valence-electron chi connectivity index (χ3n) is 0.836. The molecule has 3 N–H and O–H groups in total. The normalized spacial score (nSPS) is 12.2. The maximum Gasteiger partial charge on any atom is 0.221 e. The second kappa shape index (κ2) is 4.03. The minimum atomic E-state index is -0.787. The molecule has 0 aliphatic rings. The first kappa shape index (κ1) is 8.10. The number of nitrogens with two attached hydrogens (primary N) is 1. The first-order valence-corrected chi connectivity index (χ1v) is 2.54. The molecule has 0 unspecified atom stereocenters. The van der Waals surface area contributed by atoms with Gasteiger partial charge >= 0.3 is 0 Å². The fourth-order valence-corrected chi connectivity index (χ4v) is 0.343. The van der Waals surface area contributed by atoms with E-state index in [1.165, 1.54) is 13.3 Å². The van der Waals surface area contributed by atoms with Gasteiger partial charge in [0.2, 0.25) is 12.2 Å². The van der Waals surface area contributed by atoms with Crippen molar-refractivity contribution in [1.29, 1.82) is 0 Å². The van der Waals surface area contributed by atoms with Crippen LogP contribution in [0.4, 0.5) is 0 Å². The third-order valence-corrected chi connectivity index (χ3v) is 0.836. The molecule has 0 aromatic carbocycles. The van der Waals surface area contributed by atoms with E-state index in [9.17, 15) is 9.59 Å². The van der Waals surface area contributed by atoms with Gasteiger partial charge in [-0.15, -0.1) is 0 Å². The highest BCUT2D eigenvalue weighted by Gasteiger charge is 2.05. The molecule has 9 heavy (non-hydrogen) atoms. The maximum absolute atomic E-state index is 10.4. The summed E-state index contributed by atoms with van der Waals surface area (Å²) < 4.78 is 0. The molecule has 4 nitrogen and oxygen atoms in total. The Kier molecular flexibility index (Phi) is 3.62. The van der Waals surface area contributed by atoms with E-state index in [0.29, 0.717) is 0 Å². The maximum atomic E-state index is 10.4. The van der Waals surface area contributed by atoms with Crippen LogP contribution in [0.15, 0.2) is 0 Å². The Bertz CT molecular complexity index is 114. The van der Waals surface area contributed by atoms with Crippen LogP contribution in [0.5, 0.6) is 0 Å². The van der Waals surface area contributed by atoms with Crippen molar-refractivity contribution in [2.75, 3.05) is 7.05 Å². The number of carbonyl (C=O) groups excluding carboxylic acids is 2. The molecule has 4 heteroatoms. The van der Waals surface area contributed by atoms with Gasteiger partial charge in [-0.2, -0.15) is 0 Å². The summed E-state index contributed by atoms with van der Waals surface area (Å²) in [6.07, 6.45) is 1.51. The molecule has 0 bridgehead atoms. The number of amides is 1. The van der Waals surface area contributed by atoms with E-state index in [2.05, 4.69) is 5.32 Å². The van der Waals surface area contributed by atoms with Crippen LogP contribution in [-0.2, 0) is 9.59 Å². The van der Waals surface area contributed by atoms with Crippen molar-refractivity contribution in [2.45, 2.75) is 12.5 Å². The fourth-order valence-electron chi connectivity index (χ4n) is 0.343. The lowest BCUT2D eigenvalue weighted by atomic mass is 10.2. The van der Waals surface area contributed by atoms with E-state index in [1.54, 1.807) is 0 Å². The highest BCUT2D eigenvalue weighted by Crippen LogP contribution is 1.81. The first-order chi connectivity index (χ1) is 4.20. The molecule has 0 aliphatic heterocycles. The van der Waals surface area contributed by atoms with Crippen molar-refractivity contribution in [2.24, 2.45) is 5.73 Å². The minimum Gasteiger partial charge on any atom is -0.359 e. The van der Waals surface area contributed by atoms with E-state index >= 15 is 0 Å². The molecule has 0 spiro atoms. The van der Waals surface area contributed by atoms with Crippen LogP contribution < -0.4 is 11.1 Å². The number of nitrogens with one attached hydrogen (secondary N) is 1. The molecular weight excluding hydrogens is 120 g/mol. The van der Waals surface area contributed by atoms with Crippen molar-refractivity contribution < 1.29 is 9.59 Å². The molecule has 0 saturated heterocycles. The molecule has 51 valence electrons. The Labute approximate surface area is 53.4 Å². The largest absolute Gasteiger partial charge is 0.359 e. The van der Waals surface area contributed by atoms with Crippen LogP contribution in [0.2, 0.25) is 0 Å². The standard InChI is InChI=1S/C5H9N2O2/c1-7-5(9)2-4(6)3-8/h4H,2,6H2,1H3,(H,7,9)/t4-/m1/s1. The van der Waals surface area contributed by atoms with Gasteiger partial charge in [0.15, 0.2) is 0 Å². The lowest BCUT2D eigenvalue weighted by Gasteiger charge is -1.99. The highest BCUT2D eigenvalue weighted by molar-refractivity contribution is 5.79. The number of hydrogen-bond acceptors (Lipinski definition) is 3. The van der Waals surface area contributed by atoms with Gasteiger partial charge in [0.1, 0.15) is 0 Å². The van der Waals surface area contributed by atoms with E-state index in [4.69, 9.17) is 5.73 Å². The summed E-state index contributed by atoms with van der Waals surface area (Å²) in [5, 5.41) is 2.33. The van der Waals surface area contributed by atoms with Gasteiger partial charge in [0.05, 0.1) is 6.04 Å². The predicted octanol–water partition coefficient (Wildman–Crippen LogP) is -1.44. The topological polar surface area (TPSA) is 72.2 Å². The van der Waals surface area contributed by atoms with Gasteiger partial charge in [0.25, 0.3) is 0 Å². The second-order valence-corrected chi connectivity index (χ2v) is 1.60. The summed E-state index contributed by atoms with van der Waals surface area (Å²) in [6.45, 7) is 0. The van der Waals surface area contributed by atoms with Gasteiger partial charge < -0.3 is 11.1 Å². The van der Waals surface area contributed by atoms with Crippen LogP contribution in [0, 0.1) is 0 Å². The van der Waals surface area contributed by atoms with E-state index < -0.39 is 6.04 Å². The minimum absolute atomic E-state index is 0.0139. The van der Waals surface area contributed by atoms with E-state index in [1.807, 2.05) is 0 Å². The summed E-state index contributed by atoms with van der Waals surface area (Å²) in [4.78, 5) is 20.1. The molecule has 0 aliphatic carbocycles. The average molecular weight is 129 g/mol. The van der Waals surface area contributed by atoms with Crippen LogP contribution in [0.25, 0.3) is 0 Å². The lowest BCUT2D eigenvalue weighted by molar-refractivity contribution is -0.120. The highest BCUT2D eigenvalue weighted by atomic mass is 16.1. The van der Waals surface area contributed by atoms with Gasteiger partial charge in [-0.25, -0.2) is 0 Å². The zero-order valence-corrected chi connectivity index (χ0v) is 5.18. The van der Waals surface area contributed by atoms with E-state index in [0.717, 1.165) is 0 Å². The average Bonchev–Trinajstić information content (AvgIpc) is 1.87. The van der Waals surface area contributed by atoms with Crippen LogP contribution >= 0.6 is 0 Å². The lowest BCUT2D eigenvalue weighted by Crippen LogP contribution is -2.30. The molecule has 0 rings (SSSR count). The van der Waals surface area contributed by atoms with Crippen molar-refractivity contribution in [3.63, 3.8) is 0 Å². The summed E-state index contributed by atoms with van der Waals surface area (Å²) in [5.41, 5.74) is 5.07. The number of hydrogen-bond donors (Lipinski definition) is 2. The second-order valence-electron chi connectivity index (χ2n) is 1.60. The molecule has 0 fully saturated rings. The summed E-state index contributed by atoms with van der Waals surface area (Å²) >= 11 is 0. The number of carbonyl (C=O) groups is 1. The smallest absolute Gasteiger partial charge is 0.221 e. The Hall–Kier alpha value is -0.900. The van der Waals surface area contributed by atoms with Crippen LogP contribution in [0.1, 0.15) is 6.42 Å². The van der Waals surface area contributed by atoms with E-state index in [-0.39, 0.29) is 12.3 Å². The molecule has 0 heterocycles. The quantitative estimate of drug-likeness (QED) is 0.490. The third kappa shape index (κ3) is 3.66. The SMILES string of the molecule is CNC(=O)C[C@@H](N)[C]=O. The zero-order valence-electron chi connectivity index (χ0n) is 5.18. The number of rotatable bonds is 3. The summed E-state index contributed by atoms with van der Waals surface area (Å²) in [6, 6.07) is -0.787. The van der Waals surface area contributed by atoms with Gasteiger partial charge in [0, 0.05) is 13.5 Å². The monoisotopic (exact) mass is 129 g/mol. The Balaban J connectivity index is 3.46. The summed E-state index contributed by atoms with van der Waals surface area (Å²) in [7, 11) is 1.49. The van der Waals surface area contributed by atoms with Crippen molar-refractivity contribution >= 4 is 12.2 Å². The molecule has 0 saturated carbocycles. The molecule has 1 radical (unpaired) electrons. The molecular formula is C5H9N2O2. The van der Waals surface area contributed by atoms with Gasteiger partial charge in [-0.1, -0.05) is 0 Å².